The molecule has 0 saturated heterocycles. The van der Waals surface area contributed by atoms with Crippen LogP contribution in [0.25, 0.3) is 0 Å². The van der Waals surface area contributed by atoms with Gasteiger partial charge in [0, 0.05) is 18.1 Å². The molecule has 0 aliphatic rings. The van der Waals surface area contributed by atoms with Gasteiger partial charge in [0.25, 0.3) is 0 Å². The van der Waals surface area contributed by atoms with Gasteiger partial charge in [-0.1, -0.05) is 35.9 Å². The van der Waals surface area contributed by atoms with Crippen LogP contribution in [-0.2, 0) is 13.1 Å². The van der Waals surface area contributed by atoms with E-state index in [0.717, 1.165) is 23.9 Å². The average molecular weight is 276 g/mol. The van der Waals surface area contributed by atoms with E-state index < -0.39 is 0 Å². The zero-order valence-corrected chi connectivity index (χ0v) is 11.8. The summed E-state index contributed by atoms with van der Waals surface area (Å²) in [6, 6.07) is 16.0. The van der Waals surface area contributed by atoms with Crippen molar-refractivity contribution in [1.82, 2.24) is 5.32 Å². The Kier molecular flexibility index (Phi) is 5.25. The number of halogens is 1. The van der Waals surface area contributed by atoms with Crippen molar-refractivity contribution in [3.63, 3.8) is 0 Å². The topological polar surface area (TPSA) is 21.3 Å². The van der Waals surface area contributed by atoms with Gasteiger partial charge in [-0.15, -0.1) is 0 Å². The van der Waals surface area contributed by atoms with Crippen molar-refractivity contribution in [2.24, 2.45) is 0 Å². The second-order valence-electron chi connectivity index (χ2n) is 4.31. The summed E-state index contributed by atoms with van der Waals surface area (Å²) < 4.78 is 5.48. The smallest absolute Gasteiger partial charge is 0.119 e. The van der Waals surface area contributed by atoms with Gasteiger partial charge in [-0.3, -0.25) is 0 Å². The van der Waals surface area contributed by atoms with Crippen LogP contribution in [-0.4, -0.2) is 6.61 Å². The second-order valence-corrected chi connectivity index (χ2v) is 4.75. The monoisotopic (exact) mass is 275 g/mol. The fourth-order valence-corrected chi connectivity index (χ4v) is 2.12. The predicted octanol–water partition coefficient (Wildman–Crippen LogP) is 4.03. The summed E-state index contributed by atoms with van der Waals surface area (Å²) in [5.74, 6) is 0.921. The van der Waals surface area contributed by atoms with Gasteiger partial charge in [0.2, 0.25) is 0 Å². The van der Waals surface area contributed by atoms with Gasteiger partial charge >= 0.3 is 0 Å². The minimum Gasteiger partial charge on any atom is -0.494 e. The first kappa shape index (κ1) is 13.9. The molecule has 0 aliphatic carbocycles. The molecule has 2 aromatic rings. The molecule has 0 aliphatic heterocycles. The summed E-state index contributed by atoms with van der Waals surface area (Å²) in [5, 5.41) is 4.18. The maximum atomic E-state index is 5.95. The van der Waals surface area contributed by atoms with Gasteiger partial charge in [-0.2, -0.15) is 0 Å². The molecule has 100 valence electrons. The molecular weight excluding hydrogens is 258 g/mol. The zero-order chi connectivity index (χ0) is 13.5. The van der Waals surface area contributed by atoms with Crippen molar-refractivity contribution < 1.29 is 4.74 Å². The molecule has 0 heterocycles. The minimum atomic E-state index is 0.694. The molecule has 0 saturated carbocycles. The van der Waals surface area contributed by atoms with Crippen LogP contribution in [0.1, 0.15) is 18.1 Å². The van der Waals surface area contributed by atoms with Gasteiger partial charge in [0.05, 0.1) is 6.61 Å². The van der Waals surface area contributed by atoms with Gasteiger partial charge < -0.3 is 10.1 Å². The fraction of sp³-hybridized carbons (Fsp3) is 0.250. The van der Waals surface area contributed by atoms with Crippen molar-refractivity contribution in [2.75, 3.05) is 6.61 Å². The molecule has 2 rings (SSSR count). The van der Waals surface area contributed by atoms with E-state index in [9.17, 15) is 0 Å². The number of rotatable bonds is 6. The molecule has 0 unspecified atom stereocenters. The first-order valence-corrected chi connectivity index (χ1v) is 6.82. The highest BCUT2D eigenvalue weighted by Crippen LogP contribution is 2.14. The van der Waals surface area contributed by atoms with Crippen LogP contribution in [0, 0.1) is 0 Å². The quantitative estimate of drug-likeness (QED) is 0.859. The summed E-state index contributed by atoms with van der Waals surface area (Å²) in [5.41, 5.74) is 2.40. The normalized spacial score (nSPS) is 10.4. The molecule has 0 radical (unpaired) electrons. The molecule has 0 spiro atoms. The number of hydrogen-bond acceptors (Lipinski definition) is 2. The van der Waals surface area contributed by atoms with Crippen molar-refractivity contribution >= 4 is 11.6 Å². The number of hydrogen-bond donors (Lipinski definition) is 1. The third-order valence-electron chi connectivity index (χ3n) is 2.76. The van der Waals surface area contributed by atoms with Crippen molar-refractivity contribution in [1.29, 1.82) is 0 Å². The van der Waals surface area contributed by atoms with E-state index in [-0.39, 0.29) is 0 Å². The average Bonchev–Trinajstić information content (AvgIpc) is 2.40. The maximum Gasteiger partial charge on any atom is 0.119 e. The van der Waals surface area contributed by atoms with Crippen molar-refractivity contribution in [2.45, 2.75) is 20.0 Å². The third-order valence-corrected chi connectivity index (χ3v) is 2.99. The van der Waals surface area contributed by atoms with E-state index in [1.807, 2.05) is 37.3 Å². The Morgan fingerprint density at radius 2 is 1.68 bits per heavy atom. The Balaban J connectivity index is 1.87. The lowest BCUT2D eigenvalue weighted by atomic mass is 10.2. The molecule has 0 amide bonds. The number of nitrogens with one attached hydrogen (secondary N) is 1. The molecule has 1 N–H and O–H groups in total. The van der Waals surface area contributed by atoms with Crippen molar-refractivity contribution in [3.8, 4) is 5.75 Å². The lowest BCUT2D eigenvalue weighted by Crippen LogP contribution is -2.12. The number of ether oxygens (including phenoxy) is 1. The molecule has 2 nitrogen and oxygen atoms in total. The molecule has 0 fully saturated rings. The lowest BCUT2D eigenvalue weighted by Gasteiger charge is -2.08. The summed E-state index contributed by atoms with van der Waals surface area (Å²) in [6.07, 6.45) is 0. The summed E-state index contributed by atoms with van der Waals surface area (Å²) >= 11 is 5.95. The van der Waals surface area contributed by atoms with Crippen LogP contribution in [0.5, 0.6) is 5.75 Å². The minimum absolute atomic E-state index is 0.694. The molecule has 0 bridgehead atoms. The van der Waals surface area contributed by atoms with E-state index in [1.165, 1.54) is 11.1 Å². The van der Waals surface area contributed by atoms with Crippen LogP contribution in [0.3, 0.4) is 0 Å². The van der Waals surface area contributed by atoms with E-state index in [2.05, 4.69) is 23.5 Å². The predicted molar refractivity (Wildman–Crippen MR) is 79.6 cm³/mol. The van der Waals surface area contributed by atoms with Crippen LogP contribution in [0.4, 0.5) is 0 Å². The van der Waals surface area contributed by atoms with E-state index >= 15 is 0 Å². The first-order chi connectivity index (χ1) is 9.28. The summed E-state index contributed by atoms with van der Waals surface area (Å²) in [4.78, 5) is 0. The summed E-state index contributed by atoms with van der Waals surface area (Å²) in [6.45, 7) is 4.30. The zero-order valence-electron chi connectivity index (χ0n) is 11.0. The summed E-state index contributed by atoms with van der Waals surface area (Å²) in [7, 11) is 0. The van der Waals surface area contributed by atoms with E-state index in [1.54, 1.807) is 0 Å². The SMILES string of the molecule is CCOc1cccc(CNCc2cccc(Cl)c2)c1. The first-order valence-electron chi connectivity index (χ1n) is 6.45. The van der Waals surface area contributed by atoms with Crippen LogP contribution < -0.4 is 10.1 Å². The van der Waals surface area contributed by atoms with Crippen molar-refractivity contribution in [3.05, 3.63) is 64.7 Å². The van der Waals surface area contributed by atoms with Crippen LogP contribution in [0.2, 0.25) is 5.02 Å². The molecular formula is C16H18ClNO. The highest BCUT2D eigenvalue weighted by atomic mass is 35.5. The van der Waals surface area contributed by atoms with E-state index in [0.29, 0.717) is 6.61 Å². The Labute approximate surface area is 119 Å². The fourth-order valence-electron chi connectivity index (χ4n) is 1.91. The molecule has 19 heavy (non-hydrogen) atoms. The van der Waals surface area contributed by atoms with Gasteiger partial charge in [-0.05, 0) is 42.3 Å². The van der Waals surface area contributed by atoms with Crippen LogP contribution in [0.15, 0.2) is 48.5 Å². The molecule has 3 heteroatoms. The Morgan fingerprint density at radius 1 is 1.00 bits per heavy atom. The van der Waals surface area contributed by atoms with E-state index in [4.69, 9.17) is 16.3 Å². The second kappa shape index (κ2) is 7.17. The Morgan fingerprint density at radius 3 is 2.37 bits per heavy atom. The highest BCUT2D eigenvalue weighted by Gasteiger charge is 1.97. The van der Waals surface area contributed by atoms with Gasteiger partial charge in [0.15, 0.2) is 0 Å². The van der Waals surface area contributed by atoms with Crippen LogP contribution >= 0.6 is 11.6 Å². The molecule has 0 aromatic heterocycles. The lowest BCUT2D eigenvalue weighted by molar-refractivity contribution is 0.340. The Hall–Kier alpha value is -1.51. The number of benzene rings is 2. The largest absolute Gasteiger partial charge is 0.494 e. The maximum absolute atomic E-state index is 5.95. The third kappa shape index (κ3) is 4.58. The molecule has 2 aromatic carbocycles. The Bertz CT molecular complexity index is 528. The van der Waals surface area contributed by atoms with Gasteiger partial charge in [0.1, 0.15) is 5.75 Å². The highest BCUT2D eigenvalue weighted by molar-refractivity contribution is 6.30. The van der Waals surface area contributed by atoms with Gasteiger partial charge in [-0.25, -0.2) is 0 Å². The standard InChI is InChI=1S/C16H18ClNO/c1-2-19-16-8-4-6-14(10-16)12-18-11-13-5-3-7-15(17)9-13/h3-10,18H,2,11-12H2,1H3. The molecule has 0 atom stereocenters.